The standard InChI is InChI=1S/C16H20N4O.ClH/c1-10-3-4-12(11(2)7-10)8-18-16(21)15-13-9-17-6-5-14(13)19-20-15;/h3-4,7,17H,5-6,8-9H2,1-2H3,(H,18,21)(H,19,20);1H. The van der Waals surface area contributed by atoms with E-state index < -0.39 is 0 Å². The molecule has 6 heteroatoms. The maximum absolute atomic E-state index is 12.3. The van der Waals surface area contributed by atoms with Crippen molar-refractivity contribution < 1.29 is 4.79 Å². The minimum Gasteiger partial charge on any atom is -0.347 e. The van der Waals surface area contributed by atoms with Gasteiger partial charge >= 0.3 is 0 Å². The lowest BCUT2D eigenvalue weighted by molar-refractivity contribution is 0.0944. The Morgan fingerprint density at radius 3 is 2.95 bits per heavy atom. The van der Waals surface area contributed by atoms with E-state index in [2.05, 4.69) is 52.9 Å². The molecule has 0 spiro atoms. The summed E-state index contributed by atoms with van der Waals surface area (Å²) in [5.41, 5.74) is 6.15. The number of nitrogens with zero attached hydrogens (tertiary/aromatic N) is 1. The summed E-state index contributed by atoms with van der Waals surface area (Å²) in [6.07, 6.45) is 0.896. The molecule has 0 fully saturated rings. The molecule has 0 saturated carbocycles. The van der Waals surface area contributed by atoms with E-state index in [1.807, 2.05) is 0 Å². The van der Waals surface area contributed by atoms with E-state index in [0.29, 0.717) is 18.8 Å². The van der Waals surface area contributed by atoms with Gasteiger partial charge < -0.3 is 10.6 Å². The van der Waals surface area contributed by atoms with E-state index in [0.717, 1.165) is 29.8 Å². The van der Waals surface area contributed by atoms with E-state index in [4.69, 9.17) is 0 Å². The highest BCUT2D eigenvalue weighted by Crippen LogP contribution is 2.16. The molecule has 5 nitrogen and oxygen atoms in total. The zero-order valence-corrected chi connectivity index (χ0v) is 13.6. The van der Waals surface area contributed by atoms with Crippen molar-refractivity contribution in [3.8, 4) is 0 Å². The van der Waals surface area contributed by atoms with Crippen molar-refractivity contribution in [1.82, 2.24) is 20.8 Å². The first kappa shape index (κ1) is 16.5. The molecule has 1 amide bonds. The minimum absolute atomic E-state index is 0. The SMILES string of the molecule is Cc1ccc(CNC(=O)c2n[nH]c3c2CNCC3)c(C)c1.Cl. The molecule has 1 aromatic heterocycles. The maximum Gasteiger partial charge on any atom is 0.272 e. The largest absolute Gasteiger partial charge is 0.347 e. The maximum atomic E-state index is 12.3. The van der Waals surface area contributed by atoms with Crippen molar-refractivity contribution in [3.05, 3.63) is 51.8 Å². The number of aromatic amines is 1. The van der Waals surface area contributed by atoms with Crippen LogP contribution in [0.5, 0.6) is 0 Å². The van der Waals surface area contributed by atoms with Gasteiger partial charge in [0.2, 0.25) is 0 Å². The molecule has 0 saturated heterocycles. The van der Waals surface area contributed by atoms with Gasteiger partial charge in [0.25, 0.3) is 5.91 Å². The Morgan fingerprint density at radius 2 is 2.18 bits per heavy atom. The van der Waals surface area contributed by atoms with Crippen LogP contribution in [0.15, 0.2) is 18.2 Å². The second-order valence-corrected chi connectivity index (χ2v) is 5.57. The molecule has 1 aliphatic rings. The monoisotopic (exact) mass is 320 g/mol. The number of aryl methyl sites for hydroxylation is 2. The Hall–Kier alpha value is -1.85. The molecule has 0 atom stereocenters. The number of hydrogen-bond donors (Lipinski definition) is 3. The zero-order chi connectivity index (χ0) is 14.8. The van der Waals surface area contributed by atoms with Gasteiger partial charge in [0, 0.05) is 37.3 Å². The van der Waals surface area contributed by atoms with Crippen LogP contribution in [0.1, 0.15) is 38.4 Å². The molecule has 0 radical (unpaired) electrons. The first-order valence-electron chi connectivity index (χ1n) is 7.26. The van der Waals surface area contributed by atoms with Crippen LogP contribution in [0.3, 0.4) is 0 Å². The summed E-state index contributed by atoms with van der Waals surface area (Å²) in [6.45, 7) is 6.30. The second-order valence-electron chi connectivity index (χ2n) is 5.57. The third-order valence-electron chi connectivity index (χ3n) is 3.96. The summed E-state index contributed by atoms with van der Waals surface area (Å²) in [4.78, 5) is 12.3. The summed E-state index contributed by atoms with van der Waals surface area (Å²) in [5, 5.41) is 13.4. The Kier molecular flexibility index (Phi) is 5.21. The van der Waals surface area contributed by atoms with Crippen molar-refractivity contribution in [2.45, 2.75) is 33.4 Å². The van der Waals surface area contributed by atoms with Crippen molar-refractivity contribution in [1.29, 1.82) is 0 Å². The molecule has 1 aliphatic heterocycles. The summed E-state index contributed by atoms with van der Waals surface area (Å²) < 4.78 is 0. The lowest BCUT2D eigenvalue weighted by Crippen LogP contribution is -2.28. The van der Waals surface area contributed by atoms with Gasteiger partial charge in [-0.2, -0.15) is 5.10 Å². The molecule has 3 rings (SSSR count). The van der Waals surface area contributed by atoms with Crippen LogP contribution in [0.4, 0.5) is 0 Å². The molecular formula is C16H21ClN4O. The average Bonchev–Trinajstić information content (AvgIpc) is 2.90. The van der Waals surface area contributed by atoms with E-state index in [1.165, 1.54) is 11.1 Å². The molecule has 0 bridgehead atoms. The van der Waals surface area contributed by atoms with Gasteiger partial charge in [-0.05, 0) is 25.0 Å². The van der Waals surface area contributed by atoms with Crippen LogP contribution < -0.4 is 10.6 Å². The van der Waals surface area contributed by atoms with Gasteiger partial charge in [0.15, 0.2) is 5.69 Å². The smallest absolute Gasteiger partial charge is 0.272 e. The van der Waals surface area contributed by atoms with Crippen LogP contribution >= 0.6 is 12.4 Å². The Labute approximate surface area is 136 Å². The fourth-order valence-corrected chi connectivity index (χ4v) is 2.72. The molecular weight excluding hydrogens is 300 g/mol. The first-order valence-corrected chi connectivity index (χ1v) is 7.26. The number of fused-ring (bicyclic) bond motifs is 1. The average molecular weight is 321 g/mol. The predicted molar refractivity (Wildman–Crippen MR) is 88.3 cm³/mol. The Bertz CT molecular complexity index is 681. The van der Waals surface area contributed by atoms with Crippen molar-refractivity contribution in [3.63, 3.8) is 0 Å². The molecule has 0 aliphatic carbocycles. The van der Waals surface area contributed by atoms with Gasteiger partial charge in [0.1, 0.15) is 0 Å². The highest BCUT2D eigenvalue weighted by Gasteiger charge is 2.21. The fraction of sp³-hybridized carbons (Fsp3) is 0.375. The third kappa shape index (κ3) is 3.31. The van der Waals surface area contributed by atoms with E-state index in [1.54, 1.807) is 0 Å². The van der Waals surface area contributed by atoms with Crippen LogP contribution in [0.2, 0.25) is 0 Å². The van der Waals surface area contributed by atoms with E-state index in [9.17, 15) is 4.79 Å². The van der Waals surface area contributed by atoms with Gasteiger partial charge in [0.05, 0.1) is 0 Å². The summed E-state index contributed by atoms with van der Waals surface area (Å²) in [6, 6.07) is 6.25. The lowest BCUT2D eigenvalue weighted by Gasteiger charge is -2.13. The number of hydrogen-bond acceptors (Lipinski definition) is 3. The normalized spacial score (nSPS) is 13.2. The van der Waals surface area contributed by atoms with Crippen LogP contribution in [-0.2, 0) is 19.5 Å². The molecule has 3 N–H and O–H groups in total. The minimum atomic E-state index is -0.115. The topological polar surface area (TPSA) is 69.8 Å². The molecule has 2 aromatic rings. The Morgan fingerprint density at radius 1 is 1.36 bits per heavy atom. The first-order chi connectivity index (χ1) is 10.1. The van der Waals surface area contributed by atoms with Crippen molar-refractivity contribution in [2.75, 3.05) is 6.54 Å². The quantitative estimate of drug-likeness (QED) is 0.810. The number of amides is 1. The van der Waals surface area contributed by atoms with Crippen molar-refractivity contribution >= 4 is 18.3 Å². The van der Waals surface area contributed by atoms with Crippen LogP contribution in [-0.4, -0.2) is 22.6 Å². The van der Waals surface area contributed by atoms with Crippen LogP contribution in [0.25, 0.3) is 0 Å². The number of aromatic nitrogens is 2. The Balaban J connectivity index is 0.00000176. The van der Waals surface area contributed by atoms with Crippen LogP contribution in [0, 0.1) is 13.8 Å². The number of rotatable bonds is 3. The predicted octanol–water partition coefficient (Wildman–Crippen LogP) is 2.02. The highest BCUT2D eigenvalue weighted by atomic mass is 35.5. The molecule has 2 heterocycles. The van der Waals surface area contributed by atoms with Gasteiger partial charge in [-0.15, -0.1) is 12.4 Å². The van der Waals surface area contributed by atoms with E-state index >= 15 is 0 Å². The second kappa shape index (κ2) is 6.94. The molecule has 118 valence electrons. The number of H-pyrrole nitrogens is 1. The van der Waals surface area contributed by atoms with Crippen molar-refractivity contribution in [2.24, 2.45) is 0 Å². The zero-order valence-electron chi connectivity index (χ0n) is 12.8. The van der Waals surface area contributed by atoms with E-state index in [-0.39, 0.29) is 18.3 Å². The van der Waals surface area contributed by atoms with Gasteiger partial charge in [-0.1, -0.05) is 23.8 Å². The number of carbonyl (C=O) groups is 1. The fourth-order valence-electron chi connectivity index (χ4n) is 2.72. The summed E-state index contributed by atoms with van der Waals surface area (Å²) in [5.74, 6) is -0.115. The number of carbonyl (C=O) groups excluding carboxylic acids is 1. The molecule has 0 unspecified atom stereocenters. The molecule has 1 aromatic carbocycles. The number of benzene rings is 1. The number of halogens is 1. The number of nitrogens with one attached hydrogen (secondary N) is 3. The highest BCUT2D eigenvalue weighted by molar-refractivity contribution is 5.94. The third-order valence-corrected chi connectivity index (χ3v) is 3.96. The lowest BCUT2D eigenvalue weighted by atomic mass is 10.1. The summed E-state index contributed by atoms with van der Waals surface area (Å²) in [7, 11) is 0. The molecule has 22 heavy (non-hydrogen) atoms. The van der Waals surface area contributed by atoms with Gasteiger partial charge in [-0.3, -0.25) is 9.89 Å². The van der Waals surface area contributed by atoms with Gasteiger partial charge in [-0.25, -0.2) is 0 Å². The summed E-state index contributed by atoms with van der Waals surface area (Å²) >= 11 is 0.